The quantitative estimate of drug-likeness (QED) is 0.673. The van der Waals surface area contributed by atoms with Gasteiger partial charge in [0.2, 0.25) is 0 Å². The van der Waals surface area contributed by atoms with Gasteiger partial charge in [-0.05, 0) is 50.9 Å². The van der Waals surface area contributed by atoms with Crippen LogP contribution in [0.25, 0.3) is 0 Å². The number of thiazole rings is 1. The smallest absolute Gasteiger partial charge is 0.118 e. The molecule has 0 fully saturated rings. The Morgan fingerprint density at radius 3 is 2.65 bits per heavy atom. The summed E-state index contributed by atoms with van der Waals surface area (Å²) in [7, 11) is 3.88. The number of benzene rings is 1. The van der Waals surface area contributed by atoms with Crippen molar-refractivity contribution in [3.05, 3.63) is 45.9 Å². The van der Waals surface area contributed by atoms with Crippen LogP contribution in [0.4, 0.5) is 0 Å². The van der Waals surface area contributed by atoms with Gasteiger partial charge in [0.25, 0.3) is 0 Å². The molecule has 1 heterocycles. The minimum atomic E-state index is 0.476. The number of ether oxygens (including phenoxy) is 1. The zero-order valence-electron chi connectivity index (χ0n) is 14.7. The van der Waals surface area contributed by atoms with Crippen LogP contribution in [-0.2, 0) is 19.4 Å². The number of aryl methyl sites for hydroxylation is 1. The third-order valence-corrected chi connectivity index (χ3v) is 5.15. The predicted molar refractivity (Wildman–Crippen MR) is 98.4 cm³/mol. The van der Waals surface area contributed by atoms with Crippen molar-refractivity contribution in [3.63, 3.8) is 0 Å². The topological polar surface area (TPSA) is 25.4 Å². The second-order valence-corrected chi connectivity index (χ2v) is 7.10. The summed E-state index contributed by atoms with van der Waals surface area (Å²) in [6.07, 6.45) is 4.62. The molecule has 0 N–H and O–H groups in total. The lowest BCUT2D eigenvalue weighted by molar-refractivity contribution is 0.245. The van der Waals surface area contributed by atoms with E-state index in [1.807, 2.05) is 12.1 Å². The van der Waals surface area contributed by atoms with Crippen molar-refractivity contribution in [1.82, 2.24) is 9.88 Å². The van der Waals surface area contributed by atoms with Crippen molar-refractivity contribution < 1.29 is 4.74 Å². The summed E-state index contributed by atoms with van der Waals surface area (Å²) in [5.74, 6) is 0.914. The summed E-state index contributed by atoms with van der Waals surface area (Å²) < 4.78 is 5.21. The van der Waals surface area contributed by atoms with Gasteiger partial charge in [-0.3, -0.25) is 4.90 Å². The van der Waals surface area contributed by atoms with Crippen LogP contribution in [0.2, 0.25) is 0 Å². The first-order valence-electron chi connectivity index (χ1n) is 8.38. The Hall–Kier alpha value is -1.39. The summed E-state index contributed by atoms with van der Waals surface area (Å²) in [5, 5.41) is 3.49. The van der Waals surface area contributed by atoms with E-state index in [1.54, 1.807) is 18.4 Å². The lowest BCUT2D eigenvalue weighted by Gasteiger charge is -2.24. The van der Waals surface area contributed by atoms with Crippen molar-refractivity contribution in [1.29, 1.82) is 0 Å². The number of unbranched alkanes of at least 4 members (excludes halogenated alkanes) is 1. The highest BCUT2D eigenvalue weighted by molar-refractivity contribution is 7.09. The fourth-order valence-corrected chi connectivity index (χ4v) is 3.37. The molecule has 2 aromatic rings. The van der Waals surface area contributed by atoms with Crippen molar-refractivity contribution in [2.24, 2.45) is 0 Å². The first-order chi connectivity index (χ1) is 11.1. The van der Waals surface area contributed by atoms with Crippen LogP contribution in [0.1, 0.15) is 43.0 Å². The molecular weight excluding hydrogens is 304 g/mol. The van der Waals surface area contributed by atoms with Gasteiger partial charge in [0.05, 0.1) is 17.8 Å². The molecule has 0 bridgehead atoms. The number of methoxy groups -OCH3 is 1. The van der Waals surface area contributed by atoms with Crippen LogP contribution in [0.15, 0.2) is 29.6 Å². The maximum Gasteiger partial charge on any atom is 0.118 e. The minimum Gasteiger partial charge on any atom is -0.497 e. The number of hydrogen-bond acceptors (Lipinski definition) is 4. The number of likely N-dealkylation sites (N-methyl/N-ethyl adjacent to an activating group) is 1. The zero-order valence-corrected chi connectivity index (χ0v) is 15.5. The number of nitrogens with zero attached hydrogens (tertiary/aromatic N) is 2. The van der Waals surface area contributed by atoms with Gasteiger partial charge in [-0.1, -0.05) is 25.5 Å². The number of rotatable bonds is 9. The number of hydrogen-bond donors (Lipinski definition) is 0. The highest BCUT2D eigenvalue weighted by Gasteiger charge is 2.12. The molecule has 0 aliphatic heterocycles. The largest absolute Gasteiger partial charge is 0.497 e. The van der Waals surface area contributed by atoms with Crippen molar-refractivity contribution >= 4 is 11.3 Å². The molecule has 4 heteroatoms. The van der Waals surface area contributed by atoms with Gasteiger partial charge in [0.15, 0.2) is 0 Å². The van der Waals surface area contributed by atoms with E-state index in [1.165, 1.54) is 29.1 Å². The normalized spacial score (nSPS) is 12.6. The monoisotopic (exact) mass is 332 g/mol. The highest BCUT2D eigenvalue weighted by Crippen LogP contribution is 2.17. The van der Waals surface area contributed by atoms with Crippen molar-refractivity contribution in [2.45, 2.75) is 52.1 Å². The molecule has 0 aliphatic rings. The second-order valence-electron chi connectivity index (χ2n) is 6.15. The van der Waals surface area contributed by atoms with Crippen LogP contribution in [0.3, 0.4) is 0 Å². The highest BCUT2D eigenvalue weighted by atomic mass is 32.1. The van der Waals surface area contributed by atoms with E-state index in [9.17, 15) is 0 Å². The Morgan fingerprint density at radius 1 is 1.26 bits per heavy atom. The summed E-state index contributed by atoms with van der Waals surface area (Å²) >= 11 is 1.80. The van der Waals surface area contributed by atoms with Crippen LogP contribution >= 0.6 is 11.3 Å². The minimum absolute atomic E-state index is 0.476. The predicted octanol–water partition coefficient (Wildman–Crippen LogP) is 4.56. The summed E-state index contributed by atoms with van der Waals surface area (Å²) in [6.45, 7) is 5.41. The Bertz CT molecular complexity index is 579. The molecule has 1 unspecified atom stereocenters. The zero-order chi connectivity index (χ0) is 16.7. The van der Waals surface area contributed by atoms with Gasteiger partial charge in [0, 0.05) is 18.0 Å². The third kappa shape index (κ3) is 5.63. The lowest BCUT2D eigenvalue weighted by Crippen LogP contribution is -2.30. The average molecular weight is 333 g/mol. The molecule has 0 saturated heterocycles. The Labute approximate surface area is 144 Å². The fraction of sp³-hybridized carbons (Fsp3) is 0.526. The molecule has 0 aliphatic carbocycles. The van der Waals surface area contributed by atoms with E-state index in [2.05, 4.69) is 43.3 Å². The van der Waals surface area contributed by atoms with Gasteiger partial charge >= 0.3 is 0 Å². The molecular formula is C19H28N2OS. The molecule has 3 nitrogen and oxygen atoms in total. The van der Waals surface area contributed by atoms with Crippen molar-refractivity contribution in [2.75, 3.05) is 14.2 Å². The molecule has 2 rings (SSSR count). The van der Waals surface area contributed by atoms with Gasteiger partial charge < -0.3 is 4.74 Å². The summed E-state index contributed by atoms with van der Waals surface area (Å²) in [4.78, 5) is 7.14. The maximum absolute atomic E-state index is 5.21. The van der Waals surface area contributed by atoms with E-state index >= 15 is 0 Å². The van der Waals surface area contributed by atoms with Crippen LogP contribution < -0.4 is 4.74 Å². The molecule has 0 radical (unpaired) electrons. The van der Waals surface area contributed by atoms with E-state index in [4.69, 9.17) is 9.72 Å². The SMILES string of the molecule is CCCCc1nc(CN(C)C(C)Cc2ccc(OC)cc2)cs1. The summed E-state index contributed by atoms with van der Waals surface area (Å²) in [5.41, 5.74) is 2.54. The Balaban J connectivity index is 1.86. The number of aromatic nitrogens is 1. The molecule has 1 aromatic carbocycles. The Kier molecular flexibility index (Phi) is 7.06. The van der Waals surface area contributed by atoms with Gasteiger partial charge in [-0.25, -0.2) is 4.98 Å². The fourth-order valence-electron chi connectivity index (χ4n) is 2.53. The Morgan fingerprint density at radius 2 is 2.00 bits per heavy atom. The van der Waals surface area contributed by atoms with Crippen LogP contribution in [-0.4, -0.2) is 30.1 Å². The van der Waals surface area contributed by atoms with E-state index in [-0.39, 0.29) is 0 Å². The molecule has 1 atom stereocenters. The molecule has 1 aromatic heterocycles. The first-order valence-corrected chi connectivity index (χ1v) is 9.26. The molecule has 0 spiro atoms. The van der Waals surface area contributed by atoms with Gasteiger partial charge in [0.1, 0.15) is 5.75 Å². The van der Waals surface area contributed by atoms with Crippen LogP contribution in [0, 0.1) is 0 Å². The summed E-state index contributed by atoms with van der Waals surface area (Å²) in [6, 6.07) is 8.83. The van der Waals surface area contributed by atoms with Gasteiger partial charge in [-0.15, -0.1) is 11.3 Å². The van der Waals surface area contributed by atoms with Crippen LogP contribution in [0.5, 0.6) is 5.75 Å². The lowest BCUT2D eigenvalue weighted by atomic mass is 10.1. The second kappa shape index (κ2) is 9.04. The maximum atomic E-state index is 5.21. The van der Waals surface area contributed by atoms with E-state index in [0.717, 1.165) is 25.1 Å². The molecule has 0 amide bonds. The first kappa shape index (κ1) is 18.0. The average Bonchev–Trinajstić information content (AvgIpc) is 3.01. The van der Waals surface area contributed by atoms with Gasteiger partial charge in [-0.2, -0.15) is 0 Å². The third-order valence-electron chi connectivity index (χ3n) is 4.20. The molecule has 0 saturated carbocycles. The van der Waals surface area contributed by atoms with Crippen molar-refractivity contribution in [3.8, 4) is 5.75 Å². The molecule has 126 valence electrons. The van der Waals surface area contributed by atoms with E-state index < -0.39 is 0 Å². The molecule has 23 heavy (non-hydrogen) atoms. The standard InChI is InChI=1S/C19H28N2OS/c1-5-6-7-19-20-17(14-23-19)13-21(3)15(2)12-16-8-10-18(22-4)11-9-16/h8-11,14-15H,5-7,12-13H2,1-4H3. The van der Waals surface area contributed by atoms with E-state index in [0.29, 0.717) is 6.04 Å².